The molecule has 0 heterocycles. The Hall–Kier alpha value is -7.28. The van der Waals surface area contributed by atoms with E-state index in [1.807, 2.05) is 0 Å². The van der Waals surface area contributed by atoms with E-state index in [0.29, 0.717) is 0 Å². The van der Waals surface area contributed by atoms with Crippen molar-refractivity contribution < 1.29 is 0 Å². The summed E-state index contributed by atoms with van der Waals surface area (Å²) in [5, 5.41) is 5.07. The first kappa shape index (κ1) is 38.2. The maximum absolute atomic E-state index is 2.48. The van der Waals surface area contributed by atoms with Crippen molar-refractivity contribution in [2.75, 3.05) is 0 Å². The predicted octanol–water partition coefficient (Wildman–Crippen LogP) is 17.6. The molecular formula is C65H50. The van der Waals surface area contributed by atoms with Crippen molar-refractivity contribution in [3.05, 3.63) is 228 Å². The van der Waals surface area contributed by atoms with Crippen LogP contribution in [0.25, 0.3) is 99.4 Å². The summed E-state index contributed by atoms with van der Waals surface area (Å²) in [7, 11) is 0. The quantitative estimate of drug-likeness (QED) is 0.155. The molecule has 0 unspecified atom stereocenters. The number of hydrogen-bond acceptors (Lipinski definition) is 0. The fraction of sp³-hybridized carbons (Fsp3) is 0.138. The molecule has 13 rings (SSSR count). The molecule has 310 valence electrons. The summed E-state index contributed by atoms with van der Waals surface area (Å²) in [6.07, 6.45) is 0. The van der Waals surface area contributed by atoms with Gasteiger partial charge in [-0.05, 0) is 175 Å². The highest BCUT2D eigenvalue weighted by Gasteiger charge is 2.38. The van der Waals surface area contributed by atoms with Crippen LogP contribution in [0, 0.1) is 0 Å². The van der Waals surface area contributed by atoms with Crippen molar-refractivity contribution in [2.45, 2.75) is 57.8 Å². The van der Waals surface area contributed by atoms with E-state index in [9.17, 15) is 0 Å². The van der Waals surface area contributed by atoms with Gasteiger partial charge in [0.05, 0.1) is 0 Å². The van der Waals surface area contributed by atoms with Crippen LogP contribution in [0.2, 0.25) is 0 Å². The van der Waals surface area contributed by atoms with Gasteiger partial charge in [-0.3, -0.25) is 0 Å². The van der Waals surface area contributed by atoms with Crippen molar-refractivity contribution >= 4 is 21.5 Å². The van der Waals surface area contributed by atoms with Gasteiger partial charge in [-0.2, -0.15) is 0 Å². The van der Waals surface area contributed by atoms with Gasteiger partial charge in [0.15, 0.2) is 0 Å². The van der Waals surface area contributed by atoms with Crippen LogP contribution in [0.4, 0.5) is 0 Å². The molecule has 0 atom stereocenters. The Kier molecular flexibility index (Phi) is 7.86. The smallest absolute Gasteiger partial charge is 0.0159 e. The first-order valence-electron chi connectivity index (χ1n) is 23.3. The van der Waals surface area contributed by atoms with Crippen molar-refractivity contribution in [1.29, 1.82) is 0 Å². The standard InChI is InChI=1S/C65H50/c1-63(2)57-18-12-10-16-49(57)51-28-24-44(37-61(51)63)47-30-31-48(45-25-29-52-50-17-11-13-19-58(50)64(3,4)62(52)38-45)56-34-46-32-40(20-21-41(46)33-55(47)56)43-23-27-54-53-26-22-42(39-14-8-7-9-15-39)35-59(53)65(5,6)60(54)36-43/h7-38H,1-6H3. The van der Waals surface area contributed by atoms with Crippen LogP contribution in [0.1, 0.15) is 74.9 Å². The highest BCUT2D eigenvalue weighted by molar-refractivity contribution is 6.12. The number of rotatable bonds is 4. The maximum Gasteiger partial charge on any atom is 0.0159 e. The molecule has 65 heavy (non-hydrogen) atoms. The topological polar surface area (TPSA) is 0 Å². The van der Waals surface area contributed by atoms with Crippen molar-refractivity contribution in [1.82, 2.24) is 0 Å². The lowest BCUT2D eigenvalue weighted by atomic mass is 9.80. The van der Waals surface area contributed by atoms with Gasteiger partial charge < -0.3 is 0 Å². The van der Waals surface area contributed by atoms with Crippen molar-refractivity contribution in [3.63, 3.8) is 0 Å². The highest BCUT2D eigenvalue weighted by Crippen LogP contribution is 2.54. The Morgan fingerprint density at radius 1 is 0.215 bits per heavy atom. The van der Waals surface area contributed by atoms with E-state index in [2.05, 4.69) is 236 Å². The predicted molar refractivity (Wildman–Crippen MR) is 276 cm³/mol. The van der Waals surface area contributed by atoms with Gasteiger partial charge >= 0.3 is 0 Å². The molecule has 0 heteroatoms. The van der Waals surface area contributed by atoms with E-state index in [4.69, 9.17) is 0 Å². The molecule has 0 N–H and O–H groups in total. The summed E-state index contributed by atoms with van der Waals surface area (Å²) < 4.78 is 0. The Morgan fingerprint density at radius 3 is 1.06 bits per heavy atom. The van der Waals surface area contributed by atoms with Crippen LogP contribution in [-0.2, 0) is 16.2 Å². The molecule has 3 aliphatic rings. The van der Waals surface area contributed by atoms with Crippen LogP contribution in [-0.4, -0.2) is 0 Å². The van der Waals surface area contributed by atoms with E-state index in [-0.39, 0.29) is 16.2 Å². The summed E-state index contributed by atoms with van der Waals surface area (Å²) in [6, 6.07) is 74.0. The zero-order chi connectivity index (χ0) is 44.0. The van der Waals surface area contributed by atoms with Crippen LogP contribution in [0.5, 0.6) is 0 Å². The molecule has 0 saturated heterocycles. The molecule has 0 radical (unpaired) electrons. The minimum absolute atomic E-state index is 0.0732. The fourth-order valence-electron chi connectivity index (χ4n) is 12.2. The van der Waals surface area contributed by atoms with Crippen molar-refractivity contribution in [2.24, 2.45) is 0 Å². The second kappa shape index (κ2) is 13.4. The SMILES string of the molecule is CC1(C)c2cc(-c3ccccc3)ccc2-c2ccc(-c3ccc4cc5c(-c6ccc7c(c6)C(C)(C)c6ccccc6-7)ccc(-c6ccc7c(c6)C(C)(C)c6ccccc6-7)c5cc4c3)cc21. The lowest BCUT2D eigenvalue weighted by Gasteiger charge is -2.23. The van der Waals surface area contributed by atoms with Gasteiger partial charge in [-0.1, -0.05) is 193 Å². The normalized spacial score (nSPS) is 15.3. The summed E-state index contributed by atoms with van der Waals surface area (Å²) in [4.78, 5) is 0. The van der Waals surface area contributed by atoms with E-state index < -0.39 is 0 Å². The molecule has 0 bridgehead atoms. The molecule has 10 aromatic carbocycles. The minimum Gasteiger partial charge on any atom is -0.0622 e. The zero-order valence-corrected chi connectivity index (χ0v) is 38.0. The number of hydrogen-bond donors (Lipinski definition) is 0. The van der Waals surface area contributed by atoms with Gasteiger partial charge in [-0.25, -0.2) is 0 Å². The van der Waals surface area contributed by atoms with Crippen LogP contribution in [0.3, 0.4) is 0 Å². The highest BCUT2D eigenvalue weighted by atomic mass is 14.4. The van der Waals surface area contributed by atoms with Crippen LogP contribution < -0.4 is 0 Å². The molecule has 0 aromatic heterocycles. The second-order valence-corrected chi connectivity index (χ2v) is 20.5. The van der Waals surface area contributed by atoms with Gasteiger partial charge in [0, 0.05) is 16.2 Å². The molecule has 3 aliphatic carbocycles. The molecular weight excluding hydrogens is 781 g/mol. The summed E-state index contributed by atoms with van der Waals surface area (Å²) in [6.45, 7) is 14.3. The first-order chi connectivity index (χ1) is 31.5. The zero-order valence-electron chi connectivity index (χ0n) is 38.0. The molecule has 0 saturated carbocycles. The summed E-state index contributed by atoms with van der Waals surface area (Å²) in [5.74, 6) is 0. The number of fused-ring (bicyclic) bond motifs is 11. The molecule has 0 aliphatic heterocycles. The summed E-state index contributed by atoms with van der Waals surface area (Å²) >= 11 is 0. The molecule has 10 aromatic rings. The van der Waals surface area contributed by atoms with Crippen LogP contribution in [0.15, 0.2) is 194 Å². The Balaban J connectivity index is 0.963. The molecule has 0 amide bonds. The average molecular weight is 831 g/mol. The lowest BCUT2D eigenvalue weighted by molar-refractivity contribution is 0.660. The molecule has 0 spiro atoms. The molecule has 0 nitrogen and oxygen atoms in total. The third-order valence-electron chi connectivity index (χ3n) is 15.9. The van der Waals surface area contributed by atoms with E-state index in [0.717, 1.165) is 0 Å². The van der Waals surface area contributed by atoms with Gasteiger partial charge in [0.2, 0.25) is 0 Å². The Morgan fingerprint density at radius 2 is 0.554 bits per heavy atom. The van der Waals surface area contributed by atoms with E-state index >= 15 is 0 Å². The fourth-order valence-corrected chi connectivity index (χ4v) is 12.2. The van der Waals surface area contributed by atoms with Crippen LogP contribution >= 0.6 is 0 Å². The largest absolute Gasteiger partial charge is 0.0622 e. The second-order valence-electron chi connectivity index (χ2n) is 20.5. The van der Waals surface area contributed by atoms with Gasteiger partial charge in [-0.15, -0.1) is 0 Å². The van der Waals surface area contributed by atoms with Gasteiger partial charge in [0.1, 0.15) is 0 Å². The monoisotopic (exact) mass is 830 g/mol. The molecule has 0 fully saturated rings. The van der Waals surface area contributed by atoms with Crippen molar-refractivity contribution in [3.8, 4) is 77.9 Å². The Bertz CT molecular complexity index is 3670. The summed E-state index contributed by atoms with van der Waals surface area (Å²) in [5.41, 5.74) is 26.3. The third-order valence-corrected chi connectivity index (χ3v) is 15.9. The van der Waals surface area contributed by atoms with E-state index in [1.165, 1.54) is 133 Å². The van der Waals surface area contributed by atoms with Gasteiger partial charge in [0.25, 0.3) is 0 Å². The number of benzene rings is 10. The average Bonchev–Trinajstić information content (AvgIpc) is 3.81. The lowest BCUT2D eigenvalue weighted by Crippen LogP contribution is -2.15. The third kappa shape index (κ3) is 5.44. The minimum atomic E-state index is -0.120. The Labute approximate surface area is 382 Å². The first-order valence-corrected chi connectivity index (χ1v) is 23.3. The maximum atomic E-state index is 2.48. The van der Waals surface area contributed by atoms with E-state index in [1.54, 1.807) is 0 Å².